The van der Waals surface area contributed by atoms with Crippen LogP contribution in [0.3, 0.4) is 0 Å². The average molecular weight is 359 g/mol. The molecule has 1 aromatic rings. The number of benzene rings is 1. The highest BCUT2D eigenvalue weighted by molar-refractivity contribution is 9.10. The number of aliphatic hydroxyl groups excluding tert-OH is 1. The molecule has 0 spiro atoms. The molecule has 0 saturated carbocycles. The second-order valence-electron chi connectivity index (χ2n) is 5.83. The topological polar surface area (TPSA) is 55.8 Å². The summed E-state index contributed by atoms with van der Waals surface area (Å²) in [6.07, 6.45) is -0.0833. The van der Waals surface area contributed by atoms with E-state index in [0.717, 1.165) is 5.56 Å². The van der Waals surface area contributed by atoms with Gasteiger partial charge >= 0.3 is 5.97 Å². The molecule has 2 unspecified atom stereocenters. The second-order valence-corrected chi connectivity index (χ2v) is 6.93. The van der Waals surface area contributed by atoms with Crippen LogP contribution in [0, 0.1) is 0 Å². The van der Waals surface area contributed by atoms with Crippen molar-refractivity contribution in [1.82, 2.24) is 0 Å². The third kappa shape index (κ3) is 8.19. The van der Waals surface area contributed by atoms with Gasteiger partial charge in [-0.25, -0.2) is 0 Å². The minimum Gasteiger partial charge on any atom is -0.459 e. The molecule has 118 valence electrons. The molecular formula is C16H23BrO4. The number of carbonyl (C=O) groups is 1. The number of esters is 1. The predicted octanol–water partition coefficient (Wildman–Crippen LogP) is 3.41. The summed E-state index contributed by atoms with van der Waals surface area (Å²) in [5, 5.41) is 9.78. The van der Waals surface area contributed by atoms with Crippen molar-refractivity contribution >= 4 is 21.9 Å². The van der Waals surface area contributed by atoms with Gasteiger partial charge in [0, 0.05) is 0 Å². The van der Waals surface area contributed by atoms with Gasteiger partial charge in [0.05, 0.1) is 6.61 Å². The first-order chi connectivity index (χ1) is 9.78. The molecule has 0 heterocycles. The number of hydrogen-bond acceptors (Lipinski definition) is 4. The summed E-state index contributed by atoms with van der Waals surface area (Å²) in [5.74, 6) is -0.322. The third-order valence-electron chi connectivity index (χ3n) is 2.61. The summed E-state index contributed by atoms with van der Waals surface area (Å²) in [7, 11) is 0. The Hall–Kier alpha value is -0.910. The zero-order valence-corrected chi connectivity index (χ0v) is 14.3. The Bertz CT molecular complexity index is 428. The Balaban J connectivity index is 2.26. The van der Waals surface area contributed by atoms with E-state index in [4.69, 9.17) is 9.47 Å². The predicted molar refractivity (Wildman–Crippen MR) is 85.0 cm³/mol. The Morgan fingerprint density at radius 3 is 2.43 bits per heavy atom. The van der Waals surface area contributed by atoms with Crippen molar-refractivity contribution in [1.29, 1.82) is 0 Å². The summed E-state index contributed by atoms with van der Waals surface area (Å²) in [5.41, 5.74) is 0.491. The molecule has 0 aliphatic carbocycles. The van der Waals surface area contributed by atoms with E-state index in [1.807, 2.05) is 51.1 Å². The van der Waals surface area contributed by atoms with Gasteiger partial charge in [-0.1, -0.05) is 46.3 Å². The number of aliphatic hydroxyl groups is 1. The van der Waals surface area contributed by atoms with Crippen LogP contribution in [-0.4, -0.2) is 27.8 Å². The molecule has 1 N–H and O–H groups in total. The zero-order chi connectivity index (χ0) is 15.9. The average Bonchev–Trinajstić information content (AvgIpc) is 2.41. The van der Waals surface area contributed by atoms with Gasteiger partial charge in [-0.05, 0) is 39.2 Å². The van der Waals surface area contributed by atoms with Crippen molar-refractivity contribution in [2.24, 2.45) is 0 Å². The Morgan fingerprint density at radius 2 is 1.86 bits per heavy atom. The number of carbonyl (C=O) groups excluding carboxylic acids is 1. The number of halogens is 1. The molecule has 21 heavy (non-hydrogen) atoms. The monoisotopic (exact) mass is 358 g/mol. The van der Waals surface area contributed by atoms with Crippen molar-refractivity contribution < 1.29 is 19.4 Å². The number of rotatable bonds is 7. The van der Waals surface area contributed by atoms with Gasteiger partial charge in [0.2, 0.25) is 0 Å². The Kier molecular flexibility index (Phi) is 7.35. The first kappa shape index (κ1) is 18.1. The quantitative estimate of drug-likeness (QED) is 0.461. The fourth-order valence-electron chi connectivity index (χ4n) is 1.62. The van der Waals surface area contributed by atoms with E-state index < -0.39 is 16.7 Å². The molecular weight excluding hydrogens is 336 g/mol. The molecule has 0 fully saturated rings. The number of hydrogen-bond donors (Lipinski definition) is 1. The molecule has 0 aliphatic heterocycles. The standard InChI is InChI=1S/C16H23BrO4/c1-16(2,3)21-15(19)13(17)9-10-14(18)20-11-12-7-5-4-6-8-12/h4-8,13-14,18H,9-11H2,1-3H3. The normalized spacial score (nSPS) is 14.5. The zero-order valence-electron chi connectivity index (χ0n) is 12.7. The van der Waals surface area contributed by atoms with E-state index in [1.54, 1.807) is 0 Å². The number of alkyl halides is 1. The van der Waals surface area contributed by atoms with E-state index in [1.165, 1.54) is 0 Å². The molecule has 0 amide bonds. The fraction of sp³-hybridized carbons (Fsp3) is 0.562. The maximum atomic E-state index is 11.8. The molecule has 1 aromatic carbocycles. The minimum absolute atomic E-state index is 0.322. The summed E-state index contributed by atoms with van der Waals surface area (Å²) in [4.78, 5) is 11.3. The van der Waals surface area contributed by atoms with Crippen LogP contribution in [0.1, 0.15) is 39.2 Å². The summed E-state index contributed by atoms with van der Waals surface area (Å²) >= 11 is 3.28. The highest BCUT2D eigenvalue weighted by atomic mass is 79.9. The lowest BCUT2D eigenvalue weighted by Gasteiger charge is -2.22. The van der Waals surface area contributed by atoms with Crippen molar-refractivity contribution in [3.63, 3.8) is 0 Å². The third-order valence-corrected chi connectivity index (χ3v) is 3.45. The first-order valence-corrected chi connectivity index (χ1v) is 7.90. The van der Waals surface area contributed by atoms with Gasteiger partial charge in [0.1, 0.15) is 10.4 Å². The summed E-state index contributed by atoms with van der Waals surface area (Å²) in [6, 6.07) is 9.63. The molecule has 0 aromatic heterocycles. The Morgan fingerprint density at radius 1 is 1.24 bits per heavy atom. The lowest BCUT2D eigenvalue weighted by molar-refractivity contribution is -0.154. The lowest BCUT2D eigenvalue weighted by Crippen LogP contribution is -2.29. The smallest absolute Gasteiger partial charge is 0.320 e. The van der Waals surface area contributed by atoms with Crippen LogP contribution >= 0.6 is 15.9 Å². The molecule has 0 aliphatic rings. The molecule has 0 radical (unpaired) electrons. The van der Waals surface area contributed by atoms with Crippen LogP contribution in [0.25, 0.3) is 0 Å². The van der Waals surface area contributed by atoms with Gasteiger partial charge in [-0.15, -0.1) is 0 Å². The molecule has 5 heteroatoms. The maximum Gasteiger partial charge on any atom is 0.320 e. The highest BCUT2D eigenvalue weighted by Gasteiger charge is 2.23. The van der Waals surface area contributed by atoms with Gasteiger partial charge in [0.25, 0.3) is 0 Å². The van der Waals surface area contributed by atoms with Gasteiger partial charge in [0.15, 0.2) is 6.29 Å². The van der Waals surface area contributed by atoms with Crippen LogP contribution in [0.15, 0.2) is 30.3 Å². The van der Waals surface area contributed by atoms with Crippen LogP contribution in [0.4, 0.5) is 0 Å². The lowest BCUT2D eigenvalue weighted by atomic mass is 10.2. The maximum absolute atomic E-state index is 11.8. The van der Waals surface area contributed by atoms with E-state index in [0.29, 0.717) is 19.4 Å². The summed E-state index contributed by atoms with van der Waals surface area (Å²) < 4.78 is 10.6. The van der Waals surface area contributed by atoms with Crippen LogP contribution in [0.2, 0.25) is 0 Å². The highest BCUT2D eigenvalue weighted by Crippen LogP contribution is 2.17. The van der Waals surface area contributed by atoms with Gasteiger partial charge in [-0.2, -0.15) is 0 Å². The fourth-order valence-corrected chi connectivity index (χ4v) is 1.98. The van der Waals surface area contributed by atoms with E-state index >= 15 is 0 Å². The summed E-state index contributed by atoms with van der Waals surface area (Å²) in [6.45, 7) is 5.81. The van der Waals surface area contributed by atoms with E-state index in [-0.39, 0.29) is 5.97 Å². The first-order valence-electron chi connectivity index (χ1n) is 6.98. The molecule has 0 bridgehead atoms. The van der Waals surface area contributed by atoms with Crippen molar-refractivity contribution in [3.05, 3.63) is 35.9 Å². The van der Waals surface area contributed by atoms with Crippen molar-refractivity contribution in [2.75, 3.05) is 0 Å². The minimum atomic E-state index is -0.896. The molecule has 4 nitrogen and oxygen atoms in total. The van der Waals surface area contributed by atoms with Gasteiger partial charge < -0.3 is 14.6 Å². The molecule has 1 rings (SSSR count). The Labute approximate surface area is 134 Å². The van der Waals surface area contributed by atoms with Crippen LogP contribution in [0.5, 0.6) is 0 Å². The SMILES string of the molecule is CC(C)(C)OC(=O)C(Br)CCC(O)OCc1ccccc1. The largest absolute Gasteiger partial charge is 0.459 e. The van der Waals surface area contributed by atoms with Gasteiger partial charge in [-0.3, -0.25) is 4.79 Å². The van der Waals surface area contributed by atoms with Crippen molar-refractivity contribution in [3.8, 4) is 0 Å². The second kappa shape index (κ2) is 8.51. The molecule has 2 atom stereocenters. The van der Waals surface area contributed by atoms with Crippen molar-refractivity contribution in [2.45, 2.75) is 56.9 Å². The van der Waals surface area contributed by atoms with Crippen LogP contribution in [-0.2, 0) is 20.9 Å². The van der Waals surface area contributed by atoms with E-state index in [9.17, 15) is 9.90 Å². The molecule has 0 saturated heterocycles. The van der Waals surface area contributed by atoms with E-state index in [2.05, 4.69) is 15.9 Å². The number of ether oxygens (including phenoxy) is 2. The van der Waals surface area contributed by atoms with Crippen LogP contribution < -0.4 is 0 Å².